The van der Waals surface area contributed by atoms with Gasteiger partial charge in [-0.2, -0.15) is 5.26 Å². The Labute approximate surface area is 193 Å². The van der Waals surface area contributed by atoms with E-state index in [1.54, 1.807) is 12.1 Å². The van der Waals surface area contributed by atoms with Crippen LogP contribution in [0.15, 0.2) is 47.5 Å². The van der Waals surface area contributed by atoms with Gasteiger partial charge in [-0.3, -0.25) is 4.79 Å². The molecule has 1 fully saturated rings. The molecule has 1 saturated heterocycles. The molecule has 1 aliphatic rings. The molecule has 2 aromatic rings. The second-order valence-electron chi connectivity index (χ2n) is 6.78. The SMILES string of the molecule is CCNC(=NCc1ccc(N2CCCC2=O)cc1)NCc1ccc(C#N)cc1F.I. The van der Waals surface area contributed by atoms with Gasteiger partial charge >= 0.3 is 0 Å². The van der Waals surface area contributed by atoms with Crippen LogP contribution in [0.4, 0.5) is 10.1 Å². The molecule has 0 unspecified atom stereocenters. The van der Waals surface area contributed by atoms with Crippen LogP contribution in [0.5, 0.6) is 0 Å². The van der Waals surface area contributed by atoms with Gasteiger partial charge in [-0.15, -0.1) is 24.0 Å². The molecular weight excluding hydrogens is 496 g/mol. The normalized spacial score (nSPS) is 13.6. The second kappa shape index (κ2) is 11.5. The predicted octanol–water partition coefficient (Wildman–Crippen LogP) is 3.70. The molecule has 0 spiro atoms. The Morgan fingerprint density at radius 2 is 2.00 bits per heavy atom. The third-order valence-corrected chi connectivity index (χ3v) is 4.71. The Balaban J connectivity index is 0.00000320. The summed E-state index contributed by atoms with van der Waals surface area (Å²) in [6, 6.07) is 14.2. The number of halogens is 2. The molecule has 1 aliphatic heterocycles. The van der Waals surface area contributed by atoms with Crippen LogP contribution in [0, 0.1) is 17.1 Å². The maximum Gasteiger partial charge on any atom is 0.227 e. The van der Waals surface area contributed by atoms with Crippen molar-refractivity contribution >= 4 is 41.5 Å². The van der Waals surface area contributed by atoms with Gasteiger partial charge in [0.2, 0.25) is 5.91 Å². The standard InChI is InChI=1S/C22H24FN5O.HI/c1-2-25-22(27-15-18-8-5-17(13-24)12-20(18)23)26-14-16-6-9-19(10-7-16)28-11-3-4-21(28)29;/h5-10,12H,2-4,11,14-15H2,1H3,(H2,25,26,27);1H. The zero-order chi connectivity index (χ0) is 20.6. The Morgan fingerprint density at radius 1 is 1.23 bits per heavy atom. The van der Waals surface area contributed by atoms with Crippen LogP contribution in [-0.4, -0.2) is 25.0 Å². The number of nitrogens with zero attached hydrogens (tertiary/aromatic N) is 3. The van der Waals surface area contributed by atoms with E-state index in [-0.39, 0.29) is 36.4 Å². The fourth-order valence-corrected chi connectivity index (χ4v) is 3.15. The van der Waals surface area contributed by atoms with Gasteiger partial charge in [0, 0.05) is 37.3 Å². The molecular formula is C22H25FIN5O. The molecule has 1 heterocycles. The summed E-state index contributed by atoms with van der Waals surface area (Å²) < 4.78 is 14.0. The zero-order valence-electron chi connectivity index (χ0n) is 16.8. The first kappa shape index (κ1) is 23.6. The summed E-state index contributed by atoms with van der Waals surface area (Å²) in [4.78, 5) is 18.2. The van der Waals surface area contributed by atoms with E-state index in [9.17, 15) is 9.18 Å². The number of amides is 1. The molecule has 0 radical (unpaired) electrons. The molecule has 0 bridgehead atoms. The number of nitrogens with one attached hydrogen (secondary N) is 2. The lowest BCUT2D eigenvalue weighted by Crippen LogP contribution is -2.37. The van der Waals surface area contributed by atoms with Crippen molar-refractivity contribution in [1.82, 2.24) is 10.6 Å². The lowest BCUT2D eigenvalue weighted by molar-refractivity contribution is -0.117. The number of carbonyl (C=O) groups excluding carboxylic acids is 1. The number of aliphatic imine (C=N–C) groups is 1. The van der Waals surface area contributed by atoms with Crippen LogP contribution in [-0.2, 0) is 17.9 Å². The first-order chi connectivity index (χ1) is 14.1. The van der Waals surface area contributed by atoms with Gasteiger partial charge in [-0.1, -0.05) is 18.2 Å². The molecule has 3 rings (SSSR count). The number of hydrogen-bond donors (Lipinski definition) is 2. The van der Waals surface area contributed by atoms with Crippen LogP contribution in [0.2, 0.25) is 0 Å². The Bertz CT molecular complexity index is 940. The number of anilines is 1. The molecule has 8 heteroatoms. The third-order valence-electron chi connectivity index (χ3n) is 4.71. The number of rotatable bonds is 6. The van der Waals surface area contributed by atoms with E-state index < -0.39 is 5.82 Å². The van der Waals surface area contributed by atoms with E-state index in [0.717, 1.165) is 24.2 Å². The third kappa shape index (κ3) is 6.16. The lowest BCUT2D eigenvalue weighted by Gasteiger charge is -2.16. The number of benzene rings is 2. The summed E-state index contributed by atoms with van der Waals surface area (Å²) >= 11 is 0. The number of nitriles is 1. The maximum atomic E-state index is 14.0. The molecule has 2 N–H and O–H groups in total. The monoisotopic (exact) mass is 521 g/mol. The van der Waals surface area contributed by atoms with E-state index in [2.05, 4.69) is 15.6 Å². The molecule has 1 amide bonds. The van der Waals surface area contributed by atoms with E-state index in [4.69, 9.17) is 5.26 Å². The summed E-state index contributed by atoms with van der Waals surface area (Å²) in [7, 11) is 0. The van der Waals surface area contributed by atoms with Crippen LogP contribution in [0.1, 0.15) is 36.5 Å². The Kier molecular flexibility index (Phi) is 9.05. The highest BCUT2D eigenvalue weighted by molar-refractivity contribution is 14.0. The first-order valence-corrected chi connectivity index (χ1v) is 9.70. The summed E-state index contributed by atoms with van der Waals surface area (Å²) in [5, 5.41) is 15.1. The minimum Gasteiger partial charge on any atom is -0.357 e. The second-order valence-corrected chi connectivity index (χ2v) is 6.78. The van der Waals surface area contributed by atoms with Crippen molar-refractivity contribution in [2.24, 2.45) is 4.99 Å². The summed E-state index contributed by atoms with van der Waals surface area (Å²) in [5.74, 6) is 0.332. The predicted molar refractivity (Wildman–Crippen MR) is 126 cm³/mol. The van der Waals surface area contributed by atoms with Gasteiger partial charge in [-0.05, 0) is 43.2 Å². The average molecular weight is 521 g/mol. The van der Waals surface area contributed by atoms with Crippen LogP contribution in [0.25, 0.3) is 0 Å². The molecule has 0 saturated carbocycles. The van der Waals surface area contributed by atoms with Crippen molar-refractivity contribution in [2.75, 3.05) is 18.0 Å². The van der Waals surface area contributed by atoms with Crippen LogP contribution in [0.3, 0.4) is 0 Å². The van der Waals surface area contributed by atoms with Gasteiger partial charge in [0.1, 0.15) is 5.82 Å². The topological polar surface area (TPSA) is 80.5 Å². The molecule has 6 nitrogen and oxygen atoms in total. The summed E-state index contributed by atoms with van der Waals surface area (Å²) in [5.41, 5.74) is 2.70. The molecule has 158 valence electrons. The van der Waals surface area contributed by atoms with Crippen molar-refractivity contribution in [1.29, 1.82) is 5.26 Å². The van der Waals surface area contributed by atoms with Gasteiger partial charge in [-0.25, -0.2) is 9.38 Å². The fraction of sp³-hybridized carbons (Fsp3) is 0.318. The molecule has 2 aromatic carbocycles. The van der Waals surface area contributed by atoms with Crippen molar-refractivity contribution < 1.29 is 9.18 Å². The summed E-state index contributed by atoms with van der Waals surface area (Å²) in [6.07, 6.45) is 1.52. The van der Waals surface area contributed by atoms with Gasteiger partial charge < -0.3 is 15.5 Å². The van der Waals surface area contributed by atoms with Gasteiger partial charge in [0.25, 0.3) is 0 Å². The van der Waals surface area contributed by atoms with E-state index in [0.29, 0.717) is 36.6 Å². The molecule has 0 aliphatic carbocycles. The highest BCUT2D eigenvalue weighted by Crippen LogP contribution is 2.21. The largest absolute Gasteiger partial charge is 0.357 e. The fourth-order valence-electron chi connectivity index (χ4n) is 3.15. The van der Waals surface area contributed by atoms with Crippen molar-refractivity contribution in [3.8, 4) is 6.07 Å². The number of hydrogen-bond acceptors (Lipinski definition) is 3. The minimum absolute atomic E-state index is 0. The summed E-state index contributed by atoms with van der Waals surface area (Å²) in [6.45, 7) is 4.13. The number of carbonyl (C=O) groups is 1. The first-order valence-electron chi connectivity index (χ1n) is 9.70. The van der Waals surface area contributed by atoms with Crippen LogP contribution < -0.4 is 15.5 Å². The zero-order valence-corrected chi connectivity index (χ0v) is 19.2. The Hall–Kier alpha value is -2.67. The van der Waals surface area contributed by atoms with Gasteiger partial charge in [0.15, 0.2) is 5.96 Å². The number of guanidine groups is 1. The minimum atomic E-state index is -0.417. The highest BCUT2D eigenvalue weighted by atomic mass is 127. The molecule has 0 atom stereocenters. The Morgan fingerprint density at radius 3 is 2.60 bits per heavy atom. The van der Waals surface area contributed by atoms with Crippen molar-refractivity contribution in [3.63, 3.8) is 0 Å². The van der Waals surface area contributed by atoms with E-state index in [1.807, 2.05) is 42.2 Å². The quantitative estimate of drug-likeness (QED) is 0.345. The smallest absolute Gasteiger partial charge is 0.227 e. The van der Waals surface area contributed by atoms with E-state index >= 15 is 0 Å². The lowest BCUT2D eigenvalue weighted by atomic mass is 10.1. The highest BCUT2D eigenvalue weighted by Gasteiger charge is 2.21. The van der Waals surface area contributed by atoms with Crippen LogP contribution >= 0.6 is 24.0 Å². The van der Waals surface area contributed by atoms with E-state index in [1.165, 1.54) is 6.07 Å². The van der Waals surface area contributed by atoms with Gasteiger partial charge in [0.05, 0.1) is 18.2 Å². The molecule has 30 heavy (non-hydrogen) atoms. The maximum absolute atomic E-state index is 14.0. The van der Waals surface area contributed by atoms with Crippen molar-refractivity contribution in [3.05, 3.63) is 65.0 Å². The average Bonchev–Trinajstić information content (AvgIpc) is 3.17. The molecule has 0 aromatic heterocycles. The van der Waals surface area contributed by atoms with Crippen molar-refractivity contribution in [2.45, 2.75) is 32.9 Å².